The summed E-state index contributed by atoms with van der Waals surface area (Å²) in [6, 6.07) is 5.62. The molecule has 4 rings (SSSR count). The maximum absolute atomic E-state index is 12.7. The van der Waals surface area contributed by atoms with Gasteiger partial charge in [-0.25, -0.2) is 0 Å². The second-order valence-corrected chi connectivity index (χ2v) is 7.75. The van der Waals surface area contributed by atoms with Gasteiger partial charge >= 0.3 is 0 Å². The van der Waals surface area contributed by atoms with Gasteiger partial charge in [0.05, 0.1) is 19.3 Å². The number of ether oxygens (including phenoxy) is 1. The van der Waals surface area contributed by atoms with Crippen molar-refractivity contribution >= 4 is 5.78 Å². The fourth-order valence-electron chi connectivity index (χ4n) is 5.57. The lowest BCUT2D eigenvalue weighted by Gasteiger charge is -2.51. The lowest BCUT2D eigenvalue weighted by Crippen LogP contribution is -2.50. The summed E-state index contributed by atoms with van der Waals surface area (Å²) < 4.78 is 5.24. The summed E-state index contributed by atoms with van der Waals surface area (Å²) in [5.74, 6) is 1.26. The largest absolute Gasteiger partial charge is 0.497 e. The molecule has 0 aliphatic heterocycles. The van der Waals surface area contributed by atoms with Crippen LogP contribution in [0.15, 0.2) is 18.2 Å². The highest BCUT2D eigenvalue weighted by molar-refractivity contribution is 5.99. The zero-order valence-electron chi connectivity index (χ0n) is 13.7. The van der Waals surface area contributed by atoms with E-state index >= 15 is 0 Å². The molecule has 0 bridgehead atoms. The summed E-state index contributed by atoms with van der Waals surface area (Å²) in [6.45, 7) is 2.09. The Morgan fingerprint density at radius 1 is 1.26 bits per heavy atom. The third kappa shape index (κ3) is 2.01. The van der Waals surface area contributed by atoms with Crippen molar-refractivity contribution in [2.24, 2.45) is 17.3 Å². The summed E-state index contributed by atoms with van der Waals surface area (Å²) >= 11 is 0. The highest BCUT2D eigenvalue weighted by Crippen LogP contribution is 2.60. The van der Waals surface area contributed by atoms with E-state index in [0.717, 1.165) is 18.4 Å². The van der Waals surface area contributed by atoms with Gasteiger partial charge in [-0.15, -0.1) is 0 Å². The van der Waals surface area contributed by atoms with Gasteiger partial charge in [0.1, 0.15) is 5.75 Å². The van der Waals surface area contributed by atoms with Crippen LogP contribution in [0.2, 0.25) is 0 Å². The van der Waals surface area contributed by atoms with Gasteiger partial charge in [0.25, 0.3) is 0 Å². The molecule has 1 aromatic carbocycles. The minimum absolute atomic E-state index is 0.00280. The van der Waals surface area contributed by atoms with Gasteiger partial charge in [0.15, 0.2) is 5.78 Å². The molecule has 2 saturated carbocycles. The van der Waals surface area contributed by atoms with Gasteiger partial charge in [0.2, 0.25) is 0 Å². The minimum Gasteiger partial charge on any atom is -0.497 e. The molecular weight excluding hydrogens is 292 g/mol. The van der Waals surface area contributed by atoms with Crippen LogP contribution in [0, 0.1) is 17.3 Å². The first-order valence-corrected chi connectivity index (χ1v) is 8.53. The normalized spacial score (nSPS) is 41.9. The molecule has 4 nitrogen and oxygen atoms in total. The van der Waals surface area contributed by atoms with Crippen LogP contribution >= 0.6 is 0 Å². The highest BCUT2D eigenvalue weighted by atomic mass is 16.5. The predicted molar refractivity (Wildman–Crippen MR) is 85.6 cm³/mol. The number of hydrogen-bond acceptors (Lipinski definition) is 4. The van der Waals surface area contributed by atoms with E-state index in [4.69, 9.17) is 4.74 Å². The molecule has 3 aliphatic carbocycles. The number of methoxy groups -OCH3 is 1. The Kier molecular flexibility index (Phi) is 3.33. The molecule has 2 N–H and O–H groups in total. The number of carbonyl (C=O) groups is 1. The van der Waals surface area contributed by atoms with Gasteiger partial charge in [-0.1, -0.05) is 13.0 Å². The highest BCUT2D eigenvalue weighted by Gasteiger charge is 2.58. The Labute approximate surface area is 136 Å². The van der Waals surface area contributed by atoms with Crippen molar-refractivity contribution in [1.82, 2.24) is 0 Å². The van der Waals surface area contributed by atoms with Crippen molar-refractivity contribution in [3.63, 3.8) is 0 Å². The van der Waals surface area contributed by atoms with Crippen LogP contribution in [0.4, 0.5) is 0 Å². The van der Waals surface area contributed by atoms with E-state index in [2.05, 4.69) is 6.92 Å². The molecule has 0 spiro atoms. The fraction of sp³-hybridized carbons (Fsp3) is 0.632. The number of benzene rings is 1. The number of Topliss-reactive ketones (excluding diaryl/α,β-unsaturated/α-hetero) is 1. The maximum atomic E-state index is 12.7. The molecule has 23 heavy (non-hydrogen) atoms. The van der Waals surface area contributed by atoms with Crippen LogP contribution in [0.1, 0.15) is 54.4 Å². The summed E-state index contributed by atoms with van der Waals surface area (Å²) in [5.41, 5.74) is 1.40. The molecule has 3 aliphatic rings. The average Bonchev–Trinajstić information content (AvgIpc) is 2.82. The van der Waals surface area contributed by atoms with Gasteiger partial charge in [0, 0.05) is 17.9 Å². The SMILES string of the molecule is COc1ccc2c(c1)C(=O)C[C@@H]1[C@@H]2[C@@H](O)C[C@]2(C)[C@@H](O)CC[C@@H]12. The standard InChI is InChI=1S/C19H24O4/c1-19-9-16(21)18-11-4-3-10(23-2)7-12(11)15(20)8-13(18)14(19)5-6-17(19)22/h3-4,7,13-14,16-18,21-22H,5-6,8-9H2,1-2H3/t13-,14-,16-,17-,18+,19-/m0/s1. The van der Waals surface area contributed by atoms with Crippen LogP contribution in [0.3, 0.4) is 0 Å². The fourth-order valence-corrected chi connectivity index (χ4v) is 5.57. The number of rotatable bonds is 1. The van der Waals surface area contributed by atoms with E-state index in [1.165, 1.54) is 0 Å². The Morgan fingerprint density at radius 2 is 2.04 bits per heavy atom. The molecule has 1 aromatic rings. The Balaban J connectivity index is 1.79. The second-order valence-electron chi connectivity index (χ2n) is 7.75. The minimum atomic E-state index is -0.505. The number of aliphatic hydroxyl groups excluding tert-OH is 2. The molecule has 6 atom stereocenters. The van der Waals surface area contributed by atoms with Crippen LogP contribution in [-0.4, -0.2) is 35.3 Å². The third-order valence-corrected chi connectivity index (χ3v) is 6.74. The van der Waals surface area contributed by atoms with Gasteiger partial charge in [-0.05, 0) is 54.2 Å². The lowest BCUT2D eigenvalue weighted by atomic mass is 9.54. The smallest absolute Gasteiger partial charge is 0.163 e. The molecular formula is C19H24O4. The maximum Gasteiger partial charge on any atom is 0.163 e. The molecule has 0 amide bonds. The number of hydrogen-bond donors (Lipinski definition) is 2. The van der Waals surface area contributed by atoms with E-state index in [-0.39, 0.29) is 29.1 Å². The predicted octanol–water partition coefficient (Wildman–Crippen LogP) is 2.52. The molecule has 2 fully saturated rings. The van der Waals surface area contributed by atoms with E-state index in [9.17, 15) is 15.0 Å². The first kappa shape index (κ1) is 15.2. The van der Waals surface area contributed by atoms with Crippen molar-refractivity contribution in [1.29, 1.82) is 0 Å². The molecule has 4 heteroatoms. The Morgan fingerprint density at radius 3 is 2.78 bits per heavy atom. The molecule has 0 saturated heterocycles. The Bertz CT molecular complexity index is 655. The van der Waals surface area contributed by atoms with Gasteiger partial charge in [-0.3, -0.25) is 4.79 Å². The van der Waals surface area contributed by atoms with Crippen LogP contribution < -0.4 is 4.74 Å². The summed E-state index contributed by atoms with van der Waals surface area (Å²) in [4.78, 5) is 12.7. The quantitative estimate of drug-likeness (QED) is 0.835. The van der Waals surface area contributed by atoms with Crippen molar-refractivity contribution in [2.75, 3.05) is 7.11 Å². The first-order chi connectivity index (χ1) is 11.0. The first-order valence-electron chi connectivity index (χ1n) is 8.53. The monoisotopic (exact) mass is 316 g/mol. The average molecular weight is 316 g/mol. The lowest BCUT2D eigenvalue weighted by molar-refractivity contribution is -0.0770. The summed E-state index contributed by atoms with van der Waals surface area (Å²) in [7, 11) is 1.60. The van der Waals surface area contributed by atoms with Crippen LogP contribution in [0.5, 0.6) is 5.75 Å². The van der Waals surface area contributed by atoms with Crippen molar-refractivity contribution in [2.45, 2.75) is 50.7 Å². The number of ketones is 1. The second kappa shape index (κ2) is 5.05. The molecule has 124 valence electrons. The Hall–Kier alpha value is -1.39. The molecule has 0 aromatic heterocycles. The van der Waals surface area contributed by atoms with Gasteiger partial charge < -0.3 is 14.9 Å². The third-order valence-electron chi connectivity index (χ3n) is 6.74. The van der Waals surface area contributed by atoms with Crippen LogP contribution in [-0.2, 0) is 0 Å². The van der Waals surface area contributed by atoms with E-state index < -0.39 is 6.10 Å². The molecule has 0 unspecified atom stereocenters. The van der Waals surface area contributed by atoms with Crippen molar-refractivity contribution in [3.05, 3.63) is 29.3 Å². The zero-order chi connectivity index (χ0) is 16.4. The zero-order valence-corrected chi connectivity index (χ0v) is 13.7. The van der Waals surface area contributed by atoms with E-state index in [1.807, 2.05) is 12.1 Å². The number of carbonyl (C=O) groups excluding carboxylic acids is 1. The van der Waals surface area contributed by atoms with Crippen molar-refractivity contribution in [3.8, 4) is 5.75 Å². The van der Waals surface area contributed by atoms with Crippen LogP contribution in [0.25, 0.3) is 0 Å². The summed E-state index contributed by atoms with van der Waals surface area (Å²) in [6.07, 6.45) is 1.93. The molecule has 0 heterocycles. The number of aliphatic hydroxyl groups is 2. The summed E-state index contributed by atoms with van der Waals surface area (Å²) in [5, 5.41) is 21.2. The number of fused-ring (bicyclic) bond motifs is 5. The van der Waals surface area contributed by atoms with Gasteiger partial charge in [-0.2, -0.15) is 0 Å². The van der Waals surface area contributed by atoms with Crippen molar-refractivity contribution < 1.29 is 19.7 Å². The molecule has 0 radical (unpaired) electrons. The van der Waals surface area contributed by atoms with E-state index in [0.29, 0.717) is 30.1 Å². The van der Waals surface area contributed by atoms with E-state index in [1.54, 1.807) is 13.2 Å². The topological polar surface area (TPSA) is 66.8 Å².